The summed E-state index contributed by atoms with van der Waals surface area (Å²) < 4.78 is 1.89. The first-order valence-electron chi connectivity index (χ1n) is 6.37. The second-order valence-corrected chi connectivity index (χ2v) is 4.46. The summed E-state index contributed by atoms with van der Waals surface area (Å²) in [4.78, 5) is 16.0. The van der Waals surface area contributed by atoms with Crippen LogP contribution >= 0.6 is 0 Å². The Morgan fingerprint density at radius 2 is 2.37 bits per heavy atom. The van der Waals surface area contributed by atoms with Crippen molar-refractivity contribution in [2.45, 2.75) is 19.8 Å². The van der Waals surface area contributed by atoms with Crippen LogP contribution in [0.5, 0.6) is 0 Å². The van der Waals surface area contributed by atoms with Crippen molar-refractivity contribution in [2.75, 3.05) is 6.54 Å². The van der Waals surface area contributed by atoms with Gasteiger partial charge in [0, 0.05) is 31.0 Å². The van der Waals surface area contributed by atoms with Crippen molar-refractivity contribution < 1.29 is 4.79 Å². The summed E-state index contributed by atoms with van der Waals surface area (Å²) in [5.41, 5.74) is 1.67. The Morgan fingerprint density at radius 1 is 1.58 bits per heavy atom. The molecule has 0 fully saturated rings. The van der Waals surface area contributed by atoms with Gasteiger partial charge in [-0.15, -0.1) is 0 Å². The minimum atomic E-state index is -0.259. The van der Waals surface area contributed by atoms with E-state index in [0.717, 1.165) is 29.9 Å². The number of fused-ring (bicyclic) bond motifs is 1. The molecule has 6 heteroatoms. The molecule has 0 atom stereocenters. The number of nitrogens with one attached hydrogen (secondary N) is 3. The van der Waals surface area contributed by atoms with Crippen LogP contribution in [0.3, 0.4) is 0 Å². The predicted molar refractivity (Wildman–Crippen MR) is 76.1 cm³/mol. The van der Waals surface area contributed by atoms with Crippen LogP contribution in [0.1, 0.15) is 25.3 Å². The fourth-order valence-electron chi connectivity index (χ4n) is 1.83. The Labute approximate surface area is 112 Å². The smallest absolute Gasteiger partial charge is 0.321 e. The molecule has 2 amide bonds. The van der Waals surface area contributed by atoms with Gasteiger partial charge in [-0.1, -0.05) is 19.9 Å². The Morgan fingerprint density at radius 3 is 3.11 bits per heavy atom. The molecule has 0 unspecified atom stereocenters. The monoisotopic (exact) mass is 261 g/mol. The van der Waals surface area contributed by atoms with Crippen LogP contribution < -0.4 is 16.0 Å². The highest BCUT2D eigenvalue weighted by Crippen LogP contribution is 2.27. The molecule has 1 aliphatic rings. The number of aliphatic imine (C=N–C) groups is 1. The van der Waals surface area contributed by atoms with Crippen LogP contribution in [0.15, 0.2) is 23.8 Å². The minimum absolute atomic E-state index is 0.259. The minimum Gasteiger partial charge on any atom is -0.338 e. The first-order chi connectivity index (χ1) is 9.11. The SMILES string of the molecule is C=C1NC(NC(=O)NCCCC)=Nc2c1ccn2C. The average Bonchev–Trinajstić information content (AvgIpc) is 2.72. The number of amides is 2. The zero-order valence-corrected chi connectivity index (χ0v) is 11.3. The lowest BCUT2D eigenvalue weighted by Gasteiger charge is -2.18. The van der Waals surface area contributed by atoms with Crippen molar-refractivity contribution in [1.29, 1.82) is 0 Å². The Bertz CT molecular complexity index is 529. The van der Waals surface area contributed by atoms with E-state index in [1.165, 1.54) is 0 Å². The summed E-state index contributed by atoms with van der Waals surface area (Å²) in [5.74, 6) is 1.18. The predicted octanol–water partition coefficient (Wildman–Crippen LogP) is 1.69. The second kappa shape index (κ2) is 5.60. The van der Waals surface area contributed by atoms with E-state index in [1.54, 1.807) is 0 Å². The number of carbonyl (C=O) groups excluding carboxylic acids is 1. The van der Waals surface area contributed by atoms with Crippen molar-refractivity contribution in [3.05, 3.63) is 24.4 Å². The van der Waals surface area contributed by atoms with E-state index >= 15 is 0 Å². The molecule has 6 nitrogen and oxygen atoms in total. The fourth-order valence-corrected chi connectivity index (χ4v) is 1.83. The summed E-state index contributed by atoms with van der Waals surface area (Å²) in [5, 5.41) is 8.43. The van der Waals surface area contributed by atoms with Gasteiger partial charge in [-0.05, 0) is 12.5 Å². The molecule has 102 valence electrons. The molecule has 1 aliphatic heterocycles. The highest BCUT2D eigenvalue weighted by atomic mass is 16.2. The molecule has 0 aromatic carbocycles. The third-order valence-electron chi connectivity index (χ3n) is 2.90. The molecule has 1 aromatic rings. The lowest BCUT2D eigenvalue weighted by Crippen LogP contribution is -2.46. The number of nitrogens with zero attached hydrogens (tertiary/aromatic N) is 2. The molecule has 3 N–H and O–H groups in total. The lowest BCUT2D eigenvalue weighted by atomic mass is 10.2. The first kappa shape index (κ1) is 13.2. The molecule has 0 spiro atoms. The topological polar surface area (TPSA) is 70.4 Å². The summed E-state index contributed by atoms with van der Waals surface area (Å²) >= 11 is 0. The summed E-state index contributed by atoms with van der Waals surface area (Å²) in [7, 11) is 1.90. The van der Waals surface area contributed by atoms with Crippen molar-refractivity contribution in [3.63, 3.8) is 0 Å². The molecule has 19 heavy (non-hydrogen) atoms. The maximum atomic E-state index is 11.6. The van der Waals surface area contributed by atoms with Crippen LogP contribution in [0, 0.1) is 0 Å². The summed E-state index contributed by atoms with van der Waals surface area (Å²) in [6, 6.07) is 1.68. The van der Waals surface area contributed by atoms with Crippen molar-refractivity contribution >= 4 is 23.5 Å². The summed E-state index contributed by atoms with van der Waals surface area (Å²) in [6.45, 7) is 6.66. The van der Waals surface area contributed by atoms with Gasteiger partial charge >= 0.3 is 6.03 Å². The largest absolute Gasteiger partial charge is 0.338 e. The zero-order chi connectivity index (χ0) is 13.8. The number of rotatable bonds is 3. The van der Waals surface area contributed by atoms with E-state index in [0.29, 0.717) is 12.5 Å². The number of aryl methyl sites for hydroxylation is 1. The van der Waals surface area contributed by atoms with Gasteiger partial charge in [0.15, 0.2) is 0 Å². The van der Waals surface area contributed by atoms with Gasteiger partial charge in [0.2, 0.25) is 5.96 Å². The van der Waals surface area contributed by atoms with Gasteiger partial charge < -0.3 is 15.2 Å². The quantitative estimate of drug-likeness (QED) is 0.725. The van der Waals surface area contributed by atoms with Crippen LogP contribution in [0.4, 0.5) is 10.6 Å². The maximum Gasteiger partial charge on any atom is 0.321 e. The molecule has 1 aromatic heterocycles. The Hall–Kier alpha value is -2.24. The van der Waals surface area contributed by atoms with Crippen molar-refractivity contribution in [2.24, 2.45) is 12.0 Å². The fraction of sp³-hybridized carbons (Fsp3) is 0.385. The van der Waals surface area contributed by atoms with E-state index in [4.69, 9.17) is 0 Å². The third-order valence-corrected chi connectivity index (χ3v) is 2.90. The number of aromatic nitrogens is 1. The van der Waals surface area contributed by atoms with E-state index in [1.807, 2.05) is 23.9 Å². The van der Waals surface area contributed by atoms with Gasteiger partial charge in [-0.2, -0.15) is 4.99 Å². The molecule has 0 bridgehead atoms. The van der Waals surface area contributed by atoms with Crippen LogP contribution in [0.25, 0.3) is 5.70 Å². The molecule has 2 heterocycles. The second-order valence-electron chi connectivity index (χ2n) is 4.46. The standard InChI is InChI=1S/C13H19N5O/c1-4-5-7-14-13(19)17-12-15-9(2)10-6-8-18(3)11(10)16-12/h6,8H,2,4-5,7H2,1,3H3,(H3,14,15,16,17,19). The van der Waals surface area contributed by atoms with Crippen LogP contribution in [0.2, 0.25) is 0 Å². The van der Waals surface area contributed by atoms with Gasteiger partial charge in [0.25, 0.3) is 0 Å². The number of urea groups is 1. The number of hydrogen-bond donors (Lipinski definition) is 3. The van der Waals surface area contributed by atoms with E-state index in [9.17, 15) is 4.79 Å². The number of hydrogen-bond acceptors (Lipinski definition) is 3. The van der Waals surface area contributed by atoms with Crippen molar-refractivity contribution in [3.8, 4) is 0 Å². The van der Waals surface area contributed by atoms with E-state index < -0.39 is 0 Å². The Balaban J connectivity index is 2.02. The highest BCUT2D eigenvalue weighted by molar-refractivity contribution is 6.03. The normalized spacial score (nSPS) is 13.4. The molecule has 0 aliphatic carbocycles. The molecular weight excluding hydrogens is 242 g/mol. The van der Waals surface area contributed by atoms with Crippen LogP contribution in [-0.2, 0) is 7.05 Å². The number of carbonyl (C=O) groups is 1. The van der Waals surface area contributed by atoms with Gasteiger partial charge in [-0.25, -0.2) is 4.79 Å². The first-order valence-corrected chi connectivity index (χ1v) is 6.37. The lowest BCUT2D eigenvalue weighted by molar-refractivity contribution is 0.245. The number of unbranched alkanes of at least 4 members (excludes halogenated alkanes) is 1. The third kappa shape index (κ3) is 2.96. The average molecular weight is 261 g/mol. The van der Waals surface area contributed by atoms with E-state index in [-0.39, 0.29) is 6.03 Å². The molecular formula is C13H19N5O. The summed E-state index contributed by atoms with van der Waals surface area (Å²) in [6.07, 6.45) is 3.91. The van der Waals surface area contributed by atoms with Gasteiger partial charge in [0.1, 0.15) is 5.82 Å². The van der Waals surface area contributed by atoms with Crippen LogP contribution in [-0.4, -0.2) is 23.1 Å². The van der Waals surface area contributed by atoms with Gasteiger partial charge in [-0.3, -0.25) is 5.32 Å². The zero-order valence-electron chi connectivity index (χ0n) is 11.3. The maximum absolute atomic E-state index is 11.6. The van der Waals surface area contributed by atoms with Gasteiger partial charge in [0.05, 0.1) is 0 Å². The van der Waals surface area contributed by atoms with Crippen molar-refractivity contribution in [1.82, 2.24) is 20.5 Å². The molecule has 0 radical (unpaired) electrons. The highest BCUT2D eigenvalue weighted by Gasteiger charge is 2.18. The molecule has 0 saturated heterocycles. The van der Waals surface area contributed by atoms with E-state index in [2.05, 4.69) is 34.4 Å². The number of guanidine groups is 1. The molecule has 2 rings (SSSR count). The molecule has 0 saturated carbocycles. The Kier molecular flexibility index (Phi) is 3.89.